The average Bonchev–Trinajstić information content (AvgIpc) is 2.47. The number of halogens is 2. The van der Waals surface area contributed by atoms with Crippen LogP contribution in [0.1, 0.15) is 32.4 Å². The Morgan fingerprint density at radius 1 is 1.50 bits per heavy atom. The molecule has 1 aliphatic carbocycles. The minimum absolute atomic E-state index is 0.293. The van der Waals surface area contributed by atoms with Gasteiger partial charge in [0.2, 0.25) is 0 Å². The van der Waals surface area contributed by atoms with E-state index in [-0.39, 0.29) is 12.8 Å². The molecule has 0 radical (unpaired) electrons. The van der Waals surface area contributed by atoms with Gasteiger partial charge in [-0.05, 0) is 12.0 Å². The fourth-order valence-electron chi connectivity index (χ4n) is 2.16. The lowest BCUT2D eigenvalue weighted by molar-refractivity contribution is -0.126. The highest BCUT2D eigenvalue weighted by Crippen LogP contribution is 2.49. The maximum absolute atomic E-state index is 12.8. The van der Waals surface area contributed by atoms with Crippen molar-refractivity contribution in [2.24, 2.45) is 11.7 Å². The molecule has 5 heteroatoms. The summed E-state index contributed by atoms with van der Waals surface area (Å²) in [6.45, 7) is 4.95. The van der Waals surface area contributed by atoms with Gasteiger partial charge in [0.15, 0.2) is 0 Å². The summed E-state index contributed by atoms with van der Waals surface area (Å²) >= 11 is 0. The Hall–Kier alpha value is -0.970. The fraction of sp³-hybridized carbons (Fsp3) is 0.727. The van der Waals surface area contributed by atoms with Crippen LogP contribution in [0, 0.1) is 5.92 Å². The summed E-state index contributed by atoms with van der Waals surface area (Å²) in [5.41, 5.74) is 5.55. The molecule has 0 aliphatic heterocycles. The topological polar surface area (TPSA) is 43.8 Å². The van der Waals surface area contributed by atoms with E-state index in [1.54, 1.807) is 16.9 Å². The summed E-state index contributed by atoms with van der Waals surface area (Å²) in [5, 5.41) is 4.27. The number of nitrogens with two attached hydrogens (primary N) is 1. The Balaban J connectivity index is 2.08. The molecule has 0 bridgehead atoms. The Morgan fingerprint density at radius 2 is 2.12 bits per heavy atom. The summed E-state index contributed by atoms with van der Waals surface area (Å²) in [4.78, 5) is 0. The zero-order valence-corrected chi connectivity index (χ0v) is 9.58. The third-order valence-electron chi connectivity index (χ3n) is 2.85. The molecule has 0 unspecified atom stereocenters. The van der Waals surface area contributed by atoms with Crippen molar-refractivity contribution < 1.29 is 8.78 Å². The maximum Gasteiger partial charge on any atom is 0.252 e. The van der Waals surface area contributed by atoms with Crippen molar-refractivity contribution in [3.05, 3.63) is 18.0 Å². The third kappa shape index (κ3) is 2.09. The highest BCUT2D eigenvalue weighted by atomic mass is 19.3. The summed E-state index contributed by atoms with van der Waals surface area (Å²) in [6.07, 6.45) is 1.22. The second-order valence-electron chi connectivity index (χ2n) is 5.18. The molecule has 90 valence electrons. The molecule has 3 nitrogen and oxygen atoms in total. The van der Waals surface area contributed by atoms with Crippen LogP contribution in [-0.2, 0) is 12.1 Å². The number of nitrogens with zero attached hydrogens (tertiary/aromatic N) is 2. The van der Waals surface area contributed by atoms with Crippen molar-refractivity contribution in [2.45, 2.75) is 44.7 Å². The molecule has 16 heavy (non-hydrogen) atoms. The molecule has 1 aromatic heterocycles. The van der Waals surface area contributed by atoms with E-state index < -0.39 is 11.5 Å². The fourth-order valence-corrected chi connectivity index (χ4v) is 2.16. The van der Waals surface area contributed by atoms with Gasteiger partial charge in [0, 0.05) is 25.6 Å². The Kier molecular flexibility index (Phi) is 2.53. The lowest BCUT2D eigenvalue weighted by Gasteiger charge is -2.43. The lowest BCUT2D eigenvalue weighted by atomic mass is 9.72. The average molecular weight is 229 g/mol. The SMILES string of the molecule is CC(C)Cn1ccc(C2(N)CC(F)(F)C2)n1. The quantitative estimate of drug-likeness (QED) is 0.862. The van der Waals surface area contributed by atoms with Gasteiger partial charge in [-0.1, -0.05) is 13.8 Å². The largest absolute Gasteiger partial charge is 0.320 e. The van der Waals surface area contributed by atoms with Crippen molar-refractivity contribution in [3.8, 4) is 0 Å². The van der Waals surface area contributed by atoms with E-state index in [4.69, 9.17) is 5.73 Å². The molecular weight excluding hydrogens is 212 g/mol. The predicted octanol–water partition coefficient (Wildman–Crippen LogP) is 2.12. The lowest BCUT2D eigenvalue weighted by Crippen LogP contribution is -2.55. The third-order valence-corrected chi connectivity index (χ3v) is 2.85. The Bertz CT molecular complexity index is 376. The molecule has 0 spiro atoms. The summed E-state index contributed by atoms with van der Waals surface area (Å²) < 4.78 is 27.4. The Labute approximate surface area is 93.6 Å². The van der Waals surface area contributed by atoms with E-state index in [9.17, 15) is 8.78 Å². The number of aromatic nitrogens is 2. The van der Waals surface area contributed by atoms with Gasteiger partial charge in [-0.3, -0.25) is 4.68 Å². The molecule has 0 atom stereocenters. The highest BCUT2D eigenvalue weighted by Gasteiger charge is 2.56. The van der Waals surface area contributed by atoms with Crippen LogP contribution in [-0.4, -0.2) is 15.7 Å². The number of hydrogen-bond acceptors (Lipinski definition) is 2. The summed E-state index contributed by atoms with van der Waals surface area (Å²) in [5.74, 6) is -2.14. The van der Waals surface area contributed by atoms with E-state index in [2.05, 4.69) is 18.9 Å². The van der Waals surface area contributed by atoms with Gasteiger partial charge in [0.25, 0.3) is 5.92 Å². The second kappa shape index (κ2) is 3.52. The van der Waals surface area contributed by atoms with E-state index >= 15 is 0 Å². The van der Waals surface area contributed by atoms with Gasteiger partial charge in [-0.2, -0.15) is 5.10 Å². The van der Waals surface area contributed by atoms with Crippen LogP contribution in [0.25, 0.3) is 0 Å². The Morgan fingerprint density at radius 3 is 2.62 bits per heavy atom. The molecule has 0 saturated heterocycles. The van der Waals surface area contributed by atoms with Crippen LogP contribution < -0.4 is 5.73 Å². The predicted molar refractivity (Wildman–Crippen MR) is 57.1 cm³/mol. The molecule has 1 fully saturated rings. The smallest absolute Gasteiger partial charge is 0.252 e. The summed E-state index contributed by atoms with van der Waals surface area (Å²) in [6, 6.07) is 1.75. The molecule has 1 aliphatic rings. The first-order valence-corrected chi connectivity index (χ1v) is 5.51. The van der Waals surface area contributed by atoms with Crippen LogP contribution in [0.5, 0.6) is 0 Å². The molecule has 1 aromatic rings. The zero-order valence-electron chi connectivity index (χ0n) is 9.58. The van der Waals surface area contributed by atoms with E-state index in [1.807, 2.05) is 0 Å². The monoisotopic (exact) mass is 229 g/mol. The number of rotatable bonds is 3. The first-order valence-electron chi connectivity index (χ1n) is 5.51. The first kappa shape index (κ1) is 11.5. The number of alkyl halides is 2. The highest BCUT2D eigenvalue weighted by molar-refractivity contribution is 5.20. The van der Waals surface area contributed by atoms with E-state index in [0.29, 0.717) is 11.6 Å². The van der Waals surface area contributed by atoms with Crippen molar-refractivity contribution in [1.82, 2.24) is 9.78 Å². The van der Waals surface area contributed by atoms with E-state index in [0.717, 1.165) is 6.54 Å². The molecular formula is C11H17F2N3. The van der Waals surface area contributed by atoms with E-state index in [1.165, 1.54) is 0 Å². The van der Waals surface area contributed by atoms with Gasteiger partial charge in [-0.15, -0.1) is 0 Å². The van der Waals surface area contributed by atoms with Gasteiger partial charge in [0.1, 0.15) is 0 Å². The molecule has 1 saturated carbocycles. The van der Waals surface area contributed by atoms with Gasteiger partial charge in [0.05, 0.1) is 11.2 Å². The minimum atomic E-state index is -2.61. The number of hydrogen-bond donors (Lipinski definition) is 1. The first-order chi connectivity index (χ1) is 7.31. The molecule has 0 aromatic carbocycles. The van der Waals surface area contributed by atoms with Crippen molar-refractivity contribution in [3.63, 3.8) is 0 Å². The van der Waals surface area contributed by atoms with Crippen LogP contribution >= 0.6 is 0 Å². The van der Waals surface area contributed by atoms with Crippen molar-refractivity contribution in [2.75, 3.05) is 0 Å². The van der Waals surface area contributed by atoms with Gasteiger partial charge < -0.3 is 5.73 Å². The van der Waals surface area contributed by atoms with Crippen LogP contribution in [0.2, 0.25) is 0 Å². The molecule has 0 amide bonds. The minimum Gasteiger partial charge on any atom is -0.320 e. The molecule has 2 N–H and O–H groups in total. The zero-order chi connectivity index (χ0) is 12.0. The van der Waals surface area contributed by atoms with Crippen LogP contribution in [0.15, 0.2) is 12.3 Å². The van der Waals surface area contributed by atoms with Gasteiger partial charge in [-0.25, -0.2) is 8.78 Å². The second-order valence-corrected chi connectivity index (χ2v) is 5.18. The van der Waals surface area contributed by atoms with Crippen LogP contribution in [0.3, 0.4) is 0 Å². The standard InChI is InChI=1S/C11H17F2N3/c1-8(2)5-16-4-3-9(15-16)10(14)6-11(12,13)7-10/h3-4,8H,5-7,14H2,1-2H3. The summed E-state index contributed by atoms with van der Waals surface area (Å²) in [7, 11) is 0. The van der Waals surface area contributed by atoms with Crippen LogP contribution in [0.4, 0.5) is 8.78 Å². The molecule has 1 heterocycles. The van der Waals surface area contributed by atoms with Crippen molar-refractivity contribution in [1.29, 1.82) is 0 Å². The molecule has 2 rings (SSSR count). The normalized spacial score (nSPS) is 22.1. The van der Waals surface area contributed by atoms with Gasteiger partial charge >= 0.3 is 0 Å². The maximum atomic E-state index is 12.8. The van der Waals surface area contributed by atoms with Crippen molar-refractivity contribution >= 4 is 0 Å².